The topological polar surface area (TPSA) is 136 Å². The summed E-state index contributed by atoms with van der Waals surface area (Å²) in [5.41, 5.74) is 10.4. The quantitative estimate of drug-likeness (QED) is 0.397. The standard InChI is InChI=1S/C9H17N3O4Se/c1-17-4-6(9(15)16)12-8(14)5(10)2-3-7(11)13/h5-6H,2-4,10H2,1H3,(H2,11,13)(H,12,14)(H,15,16)/t5-,6-/m0/s1. The third-order valence-corrected chi connectivity index (χ3v) is 3.39. The molecule has 6 N–H and O–H groups in total. The van der Waals surface area contributed by atoms with Crippen LogP contribution in [0, 0.1) is 0 Å². The summed E-state index contributed by atoms with van der Waals surface area (Å²) in [6.07, 6.45) is 0.120. The van der Waals surface area contributed by atoms with Gasteiger partial charge in [-0.3, -0.25) is 0 Å². The number of primary amides is 1. The van der Waals surface area contributed by atoms with Crippen LogP contribution < -0.4 is 16.8 Å². The van der Waals surface area contributed by atoms with Gasteiger partial charge in [-0.2, -0.15) is 0 Å². The van der Waals surface area contributed by atoms with E-state index in [-0.39, 0.29) is 27.8 Å². The first-order chi connectivity index (χ1) is 7.88. The molecule has 2 amide bonds. The van der Waals surface area contributed by atoms with E-state index in [2.05, 4.69) is 5.32 Å². The van der Waals surface area contributed by atoms with E-state index in [9.17, 15) is 14.4 Å². The van der Waals surface area contributed by atoms with E-state index in [0.29, 0.717) is 5.32 Å². The third-order valence-electron chi connectivity index (χ3n) is 1.99. The Bertz CT molecular complexity index is 298. The molecule has 7 nitrogen and oxygen atoms in total. The van der Waals surface area contributed by atoms with Crippen LogP contribution in [-0.2, 0) is 14.4 Å². The van der Waals surface area contributed by atoms with Crippen molar-refractivity contribution in [2.75, 3.05) is 0 Å². The Balaban J connectivity index is 4.20. The van der Waals surface area contributed by atoms with Crippen molar-refractivity contribution < 1.29 is 19.5 Å². The number of hydrogen-bond acceptors (Lipinski definition) is 4. The van der Waals surface area contributed by atoms with Gasteiger partial charge in [-0.05, 0) is 0 Å². The number of amides is 2. The zero-order chi connectivity index (χ0) is 13.4. The summed E-state index contributed by atoms with van der Waals surface area (Å²) in [4.78, 5) is 32.8. The first-order valence-electron chi connectivity index (χ1n) is 4.94. The van der Waals surface area contributed by atoms with Crippen molar-refractivity contribution in [3.8, 4) is 0 Å². The second kappa shape index (κ2) is 8.05. The Hall–Kier alpha value is -1.11. The Labute approximate surface area is 105 Å². The SMILES string of the molecule is C[Se]C[C@H](NC(=O)[C@@H](N)CCC(N)=O)C(=O)O. The van der Waals surface area contributed by atoms with Crippen LogP contribution in [-0.4, -0.2) is 49.9 Å². The number of carbonyl (C=O) groups is 3. The number of aliphatic carboxylic acids is 1. The molecule has 98 valence electrons. The Morgan fingerprint density at radius 2 is 2.00 bits per heavy atom. The van der Waals surface area contributed by atoms with E-state index in [1.807, 2.05) is 5.82 Å². The van der Waals surface area contributed by atoms with Gasteiger partial charge in [0.15, 0.2) is 0 Å². The minimum atomic E-state index is -1.08. The fourth-order valence-corrected chi connectivity index (χ4v) is 2.22. The van der Waals surface area contributed by atoms with Crippen molar-refractivity contribution in [2.24, 2.45) is 11.5 Å². The van der Waals surface area contributed by atoms with Gasteiger partial charge < -0.3 is 0 Å². The van der Waals surface area contributed by atoms with Crippen LogP contribution in [0.5, 0.6) is 0 Å². The molecule has 0 rings (SSSR count). The van der Waals surface area contributed by atoms with Crippen molar-refractivity contribution in [2.45, 2.75) is 36.1 Å². The fraction of sp³-hybridized carbons (Fsp3) is 0.667. The molecule has 0 bridgehead atoms. The molecule has 8 heteroatoms. The van der Waals surface area contributed by atoms with Gasteiger partial charge in [-0.15, -0.1) is 0 Å². The third kappa shape index (κ3) is 6.93. The van der Waals surface area contributed by atoms with E-state index in [1.54, 1.807) is 0 Å². The van der Waals surface area contributed by atoms with Gasteiger partial charge in [0.25, 0.3) is 0 Å². The van der Waals surface area contributed by atoms with Gasteiger partial charge in [0.05, 0.1) is 0 Å². The number of carboxylic acids is 1. The molecule has 0 aliphatic carbocycles. The average Bonchev–Trinajstić information content (AvgIpc) is 2.24. The Morgan fingerprint density at radius 3 is 2.41 bits per heavy atom. The second-order valence-electron chi connectivity index (χ2n) is 3.47. The van der Waals surface area contributed by atoms with Crippen molar-refractivity contribution in [1.29, 1.82) is 0 Å². The number of carboxylic acid groups (broad SMARTS) is 1. The number of nitrogens with one attached hydrogen (secondary N) is 1. The van der Waals surface area contributed by atoms with E-state index in [1.165, 1.54) is 0 Å². The van der Waals surface area contributed by atoms with Crippen LogP contribution in [0.15, 0.2) is 0 Å². The average molecular weight is 310 g/mol. The maximum atomic E-state index is 11.5. The van der Waals surface area contributed by atoms with Crippen LogP contribution in [0.2, 0.25) is 11.1 Å². The minimum absolute atomic E-state index is 0.00401. The molecule has 0 aromatic heterocycles. The van der Waals surface area contributed by atoms with Gasteiger partial charge in [0.2, 0.25) is 0 Å². The van der Waals surface area contributed by atoms with E-state index >= 15 is 0 Å². The zero-order valence-electron chi connectivity index (χ0n) is 9.51. The summed E-state index contributed by atoms with van der Waals surface area (Å²) in [5.74, 6) is -0.311. The summed E-state index contributed by atoms with van der Waals surface area (Å²) >= 11 is 0.133. The Kier molecular flexibility index (Phi) is 7.52. The molecule has 17 heavy (non-hydrogen) atoms. The first-order valence-corrected chi connectivity index (χ1v) is 7.87. The van der Waals surface area contributed by atoms with Gasteiger partial charge in [-0.25, -0.2) is 0 Å². The molecule has 0 spiro atoms. The number of hydrogen-bond donors (Lipinski definition) is 4. The van der Waals surface area contributed by atoms with Crippen molar-refractivity contribution in [1.82, 2.24) is 5.32 Å². The molecule has 0 aliphatic heterocycles. The molecule has 0 saturated carbocycles. The summed E-state index contributed by atoms with van der Waals surface area (Å²) in [7, 11) is 0. The predicted octanol–water partition coefficient (Wildman–Crippen LogP) is -1.68. The van der Waals surface area contributed by atoms with Crippen molar-refractivity contribution in [3.63, 3.8) is 0 Å². The van der Waals surface area contributed by atoms with Gasteiger partial charge >= 0.3 is 105 Å². The molecule has 0 aromatic rings. The molecular formula is C9H17N3O4Se. The zero-order valence-corrected chi connectivity index (χ0v) is 11.2. The van der Waals surface area contributed by atoms with Crippen molar-refractivity contribution in [3.05, 3.63) is 0 Å². The van der Waals surface area contributed by atoms with Crippen LogP contribution in [0.1, 0.15) is 12.8 Å². The summed E-state index contributed by atoms with van der Waals surface area (Å²) < 4.78 is 0. The van der Waals surface area contributed by atoms with E-state index in [0.717, 1.165) is 0 Å². The van der Waals surface area contributed by atoms with Crippen molar-refractivity contribution >= 4 is 32.7 Å². The van der Waals surface area contributed by atoms with E-state index < -0.39 is 29.9 Å². The number of nitrogens with two attached hydrogens (primary N) is 2. The molecule has 0 radical (unpaired) electrons. The molecule has 0 saturated heterocycles. The number of carbonyl (C=O) groups excluding carboxylic acids is 2. The molecule has 0 fully saturated rings. The van der Waals surface area contributed by atoms with Gasteiger partial charge in [-0.1, -0.05) is 0 Å². The van der Waals surface area contributed by atoms with Crippen LogP contribution in [0.4, 0.5) is 0 Å². The maximum absolute atomic E-state index is 11.5. The molecule has 0 aliphatic rings. The normalized spacial score (nSPS) is 13.8. The molecule has 0 heterocycles. The molecule has 2 atom stereocenters. The molecular weight excluding hydrogens is 293 g/mol. The van der Waals surface area contributed by atoms with E-state index in [4.69, 9.17) is 16.6 Å². The fourth-order valence-electron chi connectivity index (χ4n) is 1.05. The first kappa shape index (κ1) is 15.9. The summed E-state index contributed by atoms with van der Waals surface area (Å²) in [6, 6.07) is -1.82. The predicted molar refractivity (Wildman–Crippen MR) is 62.4 cm³/mol. The molecule has 0 unspecified atom stereocenters. The monoisotopic (exact) mass is 311 g/mol. The van der Waals surface area contributed by atoms with Crippen LogP contribution in [0.3, 0.4) is 0 Å². The Morgan fingerprint density at radius 1 is 1.41 bits per heavy atom. The van der Waals surface area contributed by atoms with Crippen LogP contribution in [0.25, 0.3) is 0 Å². The van der Waals surface area contributed by atoms with Gasteiger partial charge in [0.1, 0.15) is 0 Å². The van der Waals surface area contributed by atoms with Gasteiger partial charge in [0, 0.05) is 0 Å². The summed E-state index contributed by atoms with van der Waals surface area (Å²) in [5, 5.41) is 11.6. The summed E-state index contributed by atoms with van der Waals surface area (Å²) in [6.45, 7) is 0. The van der Waals surface area contributed by atoms with Crippen LogP contribution >= 0.6 is 0 Å². The second-order valence-corrected chi connectivity index (χ2v) is 5.38. The molecule has 0 aromatic carbocycles. The number of rotatable bonds is 8.